The van der Waals surface area contributed by atoms with Crippen molar-refractivity contribution in [3.8, 4) is 17.3 Å². The summed E-state index contributed by atoms with van der Waals surface area (Å²) in [6.07, 6.45) is -0.150. The normalized spacial score (nSPS) is 11.4. The minimum atomic E-state index is -0.632. The molecule has 1 aromatic carbocycles. The maximum absolute atomic E-state index is 12.6. The highest BCUT2D eigenvalue weighted by Crippen LogP contribution is 2.39. The standard InChI is InChI=1S/C23H30N6O4S/c1-5-29(9-10-32-4)12-16(30)26-15-8-6-7-14(11-15)19-17-18(24)20(21(25)31)34-22(17)28-23(27-19)33-13(2)3/h6-8,11,13H,5,9-10,12,24H2,1-4H3,(H2,25,31)(H,26,30). The minimum Gasteiger partial charge on any atom is -0.461 e. The van der Waals surface area contributed by atoms with Crippen molar-refractivity contribution in [2.75, 3.05) is 44.4 Å². The molecule has 2 aromatic heterocycles. The molecular formula is C23H30N6O4S. The predicted molar refractivity (Wildman–Crippen MR) is 134 cm³/mol. The van der Waals surface area contributed by atoms with Crippen LogP contribution in [-0.4, -0.2) is 66.1 Å². The van der Waals surface area contributed by atoms with Gasteiger partial charge in [0.15, 0.2) is 0 Å². The van der Waals surface area contributed by atoms with Crippen molar-refractivity contribution in [3.05, 3.63) is 29.1 Å². The molecule has 2 heterocycles. The highest BCUT2D eigenvalue weighted by molar-refractivity contribution is 7.21. The summed E-state index contributed by atoms with van der Waals surface area (Å²) in [7, 11) is 1.63. The number of primary amides is 1. The van der Waals surface area contributed by atoms with Crippen LogP contribution < -0.4 is 21.5 Å². The molecule has 0 aliphatic rings. The number of thiophene rings is 1. The van der Waals surface area contributed by atoms with Crippen molar-refractivity contribution in [3.63, 3.8) is 0 Å². The van der Waals surface area contributed by atoms with E-state index in [1.54, 1.807) is 19.2 Å². The maximum atomic E-state index is 12.6. The number of fused-ring (bicyclic) bond motifs is 1. The van der Waals surface area contributed by atoms with Crippen LogP contribution in [-0.2, 0) is 9.53 Å². The van der Waals surface area contributed by atoms with Crippen molar-refractivity contribution in [2.24, 2.45) is 5.73 Å². The number of hydrogen-bond donors (Lipinski definition) is 3. The molecule has 0 bridgehead atoms. The van der Waals surface area contributed by atoms with E-state index in [2.05, 4.69) is 15.3 Å². The number of carbonyl (C=O) groups excluding carboxylic acids is 2. The molecule has 0 saturated heterocycles. The third-order valence-electron chi connectivity index (χ3n) is 4.98. The first-order valence-corrected chi connectivity index (χ1v) is 11.7. The molecule has 3 rings (SSSR count). The number of methoxy groups -OCH3 is 1. The monoisotopic (exact) mass is 486 g/mol. The average Bonchev–Trinajstić information content (AvgIpc) is 3.12. The first-order valence-electron chi connectivity index (χ1n) is 10.9. The molecule has 0 saturated carbocycles. The number of nitrogens with two attached hydrogens (primary N) is 2. The van der Waals surface area contributed by atoms with Gasteiger partial charge < -0.3 is 26.3 Å². The van der Waals surface area contributed by atoms with E-state index in [1.807, 2.05) is 37.8 Å². The van der Waals surface area contributed by atoms with E-state index in [0.717, 1.165) is 17.9 Å². The Morgan fingerprint density at radius 2 is 2.03 bits per heavy atom. The van der Waals surface area contributed by atoms with Gasteiger partial charge in [-0.15, -0.1) is 11.3 Å². The Balaban J connectivity index is 1.97. The third-order valence-corrected chi connectivity index (χ3v) is 6.09. The number of nitrogens with one attached hydrogen (secondary N) is 1. The second kappa shape index (κ2) is 11.2. The van der Waals surface area contributed by atoms with Crippen molar-refractivity contribution < 1.29 is 19.1 Å². The number of nitrogen functional groups attached to an aromatic ring is 1. The van der Waals surface area contributed by atoms with Gasteiger partial charge in [-0.2, -0.15) is 9.97 Å². The van der Waals surface area contributed by atoms with Crippen LogP contribution in [0.1, 0.15) is 30.4 Å². The molecule has 182 valence electrons. The average molecular weight is 487 g/mol. The highest BCUT2D eigenvalue weighted by Gasteiger charge is 2.22. The zero-order valence-corrected chi connectivity index (χ0v) is 20.6. The van der Waals surface area contributed by atoms with Crippen LogP contribution in [0.2, 0.25) is 0 Å². The van der Waals surface area contributed by atoms with Crippen molar-refractivity contribution >= 4 is 44.7 Å². The highest BCUT2D eigenvalue weighted by atomic mass is 32.1. The summed E-state index contributed by atoms with van der Waals surface area (Å²) in [4.78, 5) is 36.2. The molecule has 0 unspecified atom stereocenters. The van der Waals surface area contributed by atoms with Crippen LogP contribution >= 0.6 is 11.3 Å². The summed E-state index contributed by atoms with van der Waals surface area (Å²) in [5, 5.41) is 3.45. The van der Waals surface area contributed by atoms with Crippen molar-refractivity contribution in [1.29, 1.82) is 0 Å². The Labute approximate surface area is 202 Å². The van der Waals surface area contributed by atoms with Gasteiger partial charge in [0.1, 0.15) is 9.71 Å². The van der Waals surface area contributed by atoms with Crippen LogP contribution in [0.4, 0.5) is 11.4 Å². The van der Waals surface area contributed by atoms with E-state index >= 15 is 0 Å². The number of benzene rings is 1. The lowest BCUT2D eigenvalue weighted by atomic mass is 10.1. The van der Waals surface area contributed by atoms with Crippen molar-refractivity contribution in [1.82, 2.24) is 14.9 Å². The lowest BCUT2D eigenvalue weighted by Crippen LogP contribution is -2.35. The lowest BCUT2D eigenvalue weighted by Gasteiger charge is -2.19. The van der Waals surface area contributed by atoms with Gasteiger partial charge in [0.25, 0.3) is 5.91 Å². The first-order chi connectivity index (χ1) is 16.2. The summed E-state index contributed by atoms with van der Waals surface area (Å²) in [6.45, 7) is 7.92. The van der Waals surface area contributed by atoms with Crippen LogP contribution in [0.3, 0.4) is 0 Å². The second-order valence-corrected chi connectivity index (χ2v) is 8.90. The van der Waals surface area contributed by atoms with E-state index in [0.29, 0.717) is 40.3 Å². The molecule has 0 aliphatic heterocycles. The van der Waals surface area contributed by atoms with Gasteiger partial charge in [-0.25, -0.2) is 0 Å². The van der Waals surface area contributed by atoms with Crippen molar-refractivity contribution in [2.45, 2.75) is 26.9 Å². The fraction of sp³-hybridized carbons (Fsp3) is 0.391. The number of carbonyl (C=O) groups is 2. The first kappa shape index (κ1) is 25.3. The van der Waals surface area contributed by atoms with E-state index in [1.165, 1.54) is 0 Å². The molecule has 0 radical (unpaired) electrons. The van der Waals surface area contributed by atoms with Gasteiger partial charge >= 0.3 is 6.01 Å². The number of ether oxygens (including phenoxy) is 2. The van der Waals surface area contributed by atoms with E-state index in [9.17, 15) is 9.59 Å². The summed E-state index contributed by atoms with van der Waals surface area (Å²) in [5.41, 5.74) is 13.8. The molecule has 2 amide bonds. The number of aromatic nitrogens is 2. The SMILES string of the molecule is CCN(CCOC)CC(=O)Nc1cccc(-c2nc(OC(C)C)nc3sc(C(N)=O)c(N)c23)c1. The number of amides is 2. The lowest BCUT2D eigenvalue weighted by molar-refractivity contribution is -0.117. The summed E-state index contributed by atoms with van der Waals surface area (Å²) < 4.78 is 10.8. The Hall–Kier alpha value is -3.28. The third kappa shape index (κ3) is 5.99. The molecule has 0 atom stereocenters. The van der Waals surface area contributed by atoms with Gasteiger partial charge in [0.05, 0.1) is 36.0 Å². The Morgan fingerprint density at radius 3 is 2.68 bits per heavy atom. The molecule has 0 fully saturated rings. The number of likely N-dealkylation sites (N-methyl/N-ethyl adjacent to an activating group) is 1. The molecular weight excluding hydrogens is 456 g/mol. The molecule has 11 heteroatoms. The predicted octanol–water partition coefficient (Wildman–Crippen LogP) is 2.73. The fourth-order valence-corrected chi connectivity index (χ4v) is 4.31. The van der Waals surface area contributed by atoms with Crippen LogP contribution in [0.5, 0.6) is 6.01 Å². The number of anilines is 2. The van der Waals surface area contributed by atoms with Crippen LogP contribution in [0, 0.1) is 0 Å². The van der Waals surface area contributed by atoms with E-state index in [4.69, 9.17) is 20.9 Å². The Kier molecular flexibility index (Phi) is 8.37. The topological polar surface area (TPSA) is 146 Å². The zero-order valence-electron chi connectivity index (χ0n) is 19.8. The summed E-state index contributed by atoms with van der Waals surface area (Å²) in [5.74, 6) is -0.773. The zero-order chi connectivity index (χ0) is 24.8. The van der Waals surface area contributed by atoms with Gasteiger partial charge in [0.2, 0.25) is 5.91 Å². The fourth-order valence-electron chi connectivity index (χ4n) is 3.38. The van der Waals surface area contributed by atoms with Gasteiger partial charge in [0, 0.05) is 24.9 Å². The molecule has 34 heavy (non-hydrogen) atoms. The van der Waals surface area contributed by atoms with Gasteiger partial charge in [-0.3, -0.25) is 14.5 Å². The molecule has 5 N–H and O–H groups in total. The van der Waals surface area contributed by atoms with Gasteiger partial charge in [-0.1, -0.05) is 19.1 Å². The molecule has 0 spiro atoms. The van der Waals surface area contributed by atoms with Crippen LogP contribution in [0.15, 0.2) is 24.3 Å². The molecule has 0 aliphatic carbocycles. The number of rotatable bonds is 11. The Bertz CT molecular complexity index is 1180. The van der Waals surface area contributed by atoms with Gasteiger partial charge in [-0.05, 0) is 32.5 Å². The maximum Gasteiger partial charge on any atom is 0.318 e. The van der Waals surface area contributed by atoms with E-state index < -0.39 is 5.91 Å². The Morgan fingerprint density at radius 1 is 1.26 bits per heavy atom. The summed E-state index contributed by atoms with van der Waals surface area (Å²) >= 11 is 1.10. The number of nitrogens with zero attached hydrogens (tertiary/aromatic N) is 3. The van der Waals surface area contributed by atoms with Crippen LogP contribution in [0.25, 0.3) is 21.5 Å². The number of hydrogen-bond acceptors (Lipinski definition) is 9. The van der Waals surface area contributed by atoms with E-state index in [-0.39, 0.29) is 35.1 Å². The summed E-state index contributed by atoms with van der Waals surface area (Å²) in [6, 6.07) is 7.41. The smallest absolute Gasteiger partial charge is 0.318 e. The quantitative estimate of drug-likeness (QED) is 0.375. The second-order valence-electron chi connectivity index (χ2n) is 7.90. The molecule has 10 nitrogen and oxygen atoms in total. The largest absolute Gasteiger partial charge is 0.461 e. The molecule has 3 aromatic rings. The minimum absolute atomic E-state index is 0.141.